The summed E-state index contributed by atoms with van der Waals surface area (Å²) in [7, 11) is 0. The number of anilines is 1. The van der Waals surface area contributed by atoms with Gasteiger partial charge < -0.3 is 15.4 Å². The summed E-state index contributed by atoms with van der Waals surface area (Å²) < 4.78 is 4.88. The summed E-state index contributed by atoms with van der Waals surface area (Å²) in [6, 6.07) is 0.0489. The highest BCUT2D eigenvalue weighted by Gasteiger charge is 2.25. The minimum atomic E-state index is -0.311. The lowest BCUT2D eigenvalue weighted by Crippen LogP contribution is -2.38. The molecule has 0 aromatic carbocycles. The molecule has 0 spiro atoms. The Balaban J connectivity index is 1.76. The zero-order valence-corrected chi connectivity index (χ0v) is 13.2. The maximum absolute atomic E-state index is 11.8. The summed E-state index contributed by atoms with van der Waals surface area (Å²) in [5, 5.41) is 8.63. The highest BCUT2D eigenvalue weighted by Crippen LogP contribution is 2.20. The van der Waals surface area contributed by atoms with Gasteiger partial charge >= 0.3 is 5.97 Å². The van der Waals surface area contributed by atoms with Gasteiger partial charge in [-0.3, -0.25) is 9.59 Å². The number of ether oxygens (including phenoxy) is 1. The first-order chi connectivity index (χ1) is 10.1. The second kappa shape index (κ2) is 7.40. The summed E-state index contributed by atoms with van der Waals surface area (Å²) >= 11 is 1.44. The topological polar surface area (TPSA) is 80.3 Å². The van der Waals surface area contributed by atoms with E-state index in [0.29, 0.717) is 30.6 Å². The minimum absolute atomic E-state index is 0.000716. The van der Waals surface area contributed by atoms with E-state index in [-0.39, 0.29) is 17.9 Å². The van der Waals surface area contributed by atoms with E-state index in [4.69, 9.17) is 4.74 Å². The number of nitrogens with one attached hydrogen (secondary N) is 2. The number of nitrogens with zero attached hydrogens (tertiary/aromatic N) is 1. The second-order valence-corrected chi connectivity index (χ2v) is 5.96. The molecule has 0 aliphatic heterocycles. The Morgan fingerprint density at radius 1 is 1.52 bits per heavy atom. The smallest absolute Gasteiger partial charge is 0.306 e. The molecule has 1 atom stereocenters. The number of esters is 1. The van der Waals surface area contributed by atoms with Crippen LogP contribution in [0.1, 0.15) is 38.8 Å². The number of hydrogen-bond acceptors (Lipinski definition) is 6. The molecule has 1 unspecified atom stereocenters. The third-order valence-corrected chi connectivity index (χ3v) is 3.92. The van der Waals surface area contributed by atoms with E-state index in [1.807, 2.05) is 12.3 Å². The van der Waals surface area contributed by atoms with Crippen molar-refractivity contribution in [2.45, 2.75) is 51.6 Å². The molecule has 1 aromatic rings. The van der Waals surface area contributed by atoms with Crippen LogP contribution in [0.2, 0.25) is 0 Å². The monoisotopic (exact) mass is 311 g/mol. The first-order valence-corrected chi connectivity index (χ1v) is 8.13. The fourth-order valence-electron chi connectivity index (χ4n) is 1.76. The average molecular weight is 311 g/mol. The van der Waals surface area contributed by atoms with Crippen LogP contribution in [0.3, 0.4) is 0 Å². The zero-order chi connectivity index (χ0) is 15.2. The van der Waals surface area contributed by atoms with Gasteiger partial charge in [0.05, 0.1) is 18.7 Å². The van der Waals surface area contributed by atoms with Crippen LogP contribution in [-0.4, -0.2) is 35.6 Å². The van der Waals surface area contributed by atoms with Crippen LogP contribution >= 0.6 is 11.3 Å². The summed E-state index contributed by atoms with van der Waals surface area (Å²) in [5.74, 6) is -0.210. The van der Waals surface area contributed by atoms with Crippen molar-refractivity contribution in [3.8, 4) is 0 Å². The summed E-state index contributed by atoms with van der Waals surface area (Å²) in [6.07, 6.45) is 3.04. The molecule has 1 heterocycles. The molecule has 0 bridgehead atoms. The Kier molecular flexibility index (Phi) is 5.55. The van der Waals surface area contributed by atoms with Gasteiger partial charge in [-0.15, -0.1) is 11.3 Å². The Labute approximate surface area is 128 Å². The quantitative estimate of drug-likeness (QED) is 0.715. The molecule has 0 radical (unpaired) electrons. The van der Waals surface area contributed by atoms with Crippen molar-refractivity contribution in [2.24, 2.45) is 0 Å². The Morgan fingerprint density at radius 3 is 2.95 bits per heavy atom. The molecule has 1 aromatic heterocycles. The Bertz CT molecular complexity index is 499. The van der Waals surface area contributed by atoms with Crippen molar-refractivity contribution in [3.63, 3.8) is 0 Å². The van der Waals surface area contributed by atoms with Crippen molar-refractivity contribution in [1.29, 1.82) is 0 Å². The second-order valence-electron chi connectivity index (χ2n) is 5.10. The molecule has 0 saturated heterocycles. The average Bonchev–Trinajstić information content (AvgIpc) is 3.14. The fraction of sp³-hybridized carbons (Fsp3) is 0.643. The van der Waals surface area contributed by atoms with Crippen molar-refractivity contribution < 1.29 is 14.3 Å². The molecule has 1 aliphatic rings. The van der Waals surface area contributed by atoms with Gasteiger partial charge in [0, 0.05) is 17.8 Å². The van der Waals surface area contributed by atoms with Gasteiger partial charge in [-0.25, -0.2) is 4.98 Å². The van der Waals surface area contributed by atoms with Crippen LogP contribution in [-0.2, 0) is 20.7 Å². The molecule has 1 amide bonds. The maximum atomic E-state index is 11.8. The number of amides is 1. The van der Waals surface area contributed by atoms with E-state index in [1.54, 1.807) is 6.92 Å². The van der Waals surface area contributed by atoms with E-state index >= 15 is 0 Å². The zero-order valence-electron chi connectivity index (χ0n) is 12.3. The number of thiazole rings is 1. The van der Waals surface area contributed by atoms with Crippen LogP contribution in [0.15, 0.2) is 5.38 Å². The maximum Gasteiger partial charge on any atom is 0.306 e. The minimum Gasteiger partial charge on any atom is -0.466 e. The molecule has 7 heteroatoms. The number of aryl methyl sites for hydroxylation is 1. The molecule has 1 fully saturated rings. The standard InChI is InChI=1S/C14H21N3O3S/c1-3-20-12(18)7-6-11-8-21-14(17-11)15-9(2)13(19)16-10-4-5-10/h8-10H,3-7H2,1-2H3,(H,15,17)(H,16,19). The van der Waals surface area contributed by atoms with E-state index < -0.39 is 0 Å². The summed E-state index contributed by atoms with van der Waals surface area (Å²) in [6.45, 7) is 4.00. The first-order valence-electron chi connectivity index (χ1n) is 7.25. The van der Waals surface area contributed by atoms with Crippen LogP contribution in [0, 0.1) is 0 Å². The van der Waals surface area contributed by atoms with Gasteiger partial charge in [0.25, 0.3) is 0 Å². The van der Waals surface area contributed by atoms with Crippen LogP contribution in [0.25, 0.3) is 0 Å². The molecule has 1 aliphatic carbocycles. The predicted octanol–water partition coefficient (Wildman–Crippen LogP) is 1.72. The number of rotatable bonds is 8. The predicted molar refractivity (Wildman–Crippen MR) is 81.3 cm³/mol. The SMILES string of the molecule is CCOC(=O)CCc1csc(NC(C)C(=O)NC2CC2)n1. The fourth-order valence-corrected chi connectivity index (χ4v) is 2.59. The molecule has 2 rings (SSSR count). The third kappa shape index (κ3) is 5.34. The molecular weight excluding hydrogens is 290 g/mol. The van der Waals surface area contributed by atoms with Crippen LogP contribution in [0.4, 0.5) is 5.13 Å². The lowest BCUT2D eigenvalue weighted by Gasteiger charge is -2.12. The van der Waals surface area contributed by atoms with Gasteiger partial charge in [-0.05, 0) is 26.7 Å². The van der Waals surface area contributed by atoms with Crippen LogP contribution in [0.5, 0.6) is 0 Å². The highest BCUT2D eigenvalue weighted by atomic mass is 32.1. The number of hydrogen-bond donors (Lipinski definition) is 2. The Morgan fingerprint density at radius 2 is 2.29 bits per heavy atom. The number of carbonyl (C=O) groups is 2. The van der Waals surface area contributed by atoms with E-state index in [9.17, 15) is 9.59 Å². The molecule has 21 heavy (non-hydrogen) atoms. The molecule has 6 nitrogen and oxygen atoms in total. The van der Waals surface area contributed by atoms with Crippen molar-refractivity contribution in [1.82, 2.24) is 10.3 Å². The van der Waals surface area contributed by atoms with Crippen LogP contribution < -0.4 is 10.6 Å². The first kappa shape index (κ1) is 15.8. The lowest BCUT2D eigenvalue weighted by molar-refractivity contribution is -0.143. The number of carbonyl (C=O) groups excluding carboxylic acids is 2. The van der Waals surface area contributed by atoms with E-state index in [0.717, 1.165) is 18.5 Å². The van der Waals surface area contributed by atoms with Gasteiger partial charge in [-0.2, -0.15) is 0 Å². The lowest BCUT2D eigenvalue weighted by atomic mass is 10.2. The van der Waals surface area contributed by atoms with Crippen molar-refractivity contribution in [2.75, 3.05) is 11.9 Å². The number of aromatic nitrogens is 1. The van der Waals surface area contributed by atoms with Gasteiger partial charge in [0.2, 0.25) is 5.91 Å². The van der Waals surface area contributed by atoms with Gasteiger partial charge in [0.15, 0.2) is 5.13 Å². The molecule has 116 valence electrons. The molecule has 1 saturated carbocycles. The summed E-state index contributed by atoms with van der Waals surface area (Å²) in [5.41, 5.74) is 0.838. The molecule has 2 N–H and O–H groups in total. The highest BCUT2D eigenvalue weighted by molar-refractivity contribution is 7.13. The summed E-state index contributed by atoms with van der Waals surface area (Å²) in [4.78, 5) is 27.5. The van der Waals surface area contributed by atoms with Crippen molar-refractivity contribution >= 4 is 28.3 Å². The molecular formula is C14H21N3O3S. The third-order valence-electron chi connectivity index (χ3n) is 3.10. The Hall–Kier alpha value is -1.63. The van der Waals surface area contributed by atoms with Gasteiger partial charge in [0.1, 0.15) is 6.04 Å². The largest absolute Gasteiger partial charge is 0.466 e. The van der Waals surface area contributed by atoms with E-state index in [1.165, 1.54) is 11.3 Å². The normalized spacial score (nSPS) is 15.3. The van der Waals surface area contributed by atoms with E-state index in [2.05, 4.69) is 15.6 Å². The van der Waals surface area contributed by atoms with Gasteiger partial charge in [-0.1, -0.05) is 0 Å². The van der Waals surface area contributed by atoms with Crippen molar-refractivity contribution in [3.05, 3.63) is 11.1 Å².